The summed E-state index contributed by atoms with van der Waals surface area (Å²) in [6.45, 7) is 0.543. The van der Waals surface area contributed by atoms with Gasteiger partial charge in [-0.1, -0.05) is 77.8 Å². The van der Waals surface area contributed by atoms with Crippen LogP contribution in [0.5, 0.6) is 0 Å². The molecule has 1 aliphatic heterocycles. The number of nitrogens with one attached hydrogen (secondary N) is 2. The third-order valence-corrected chi connectivity index (χ3v) is 6.09. The van der Waals surface area contributed by atoms with Crippen LogP contribution in [0.4, 0.5) is 0 Å². The predicted octanol–water partition coefficient (Wildman–Crippen LogP) is 5.31. The Hall–Kier alpha value is -2.82. The van der Waals surface area contributed by atoms with E-state index in [1.165, 1.54) is 5.56 Å². The first-order valence-corrected chi connectivity index (χ1v) is 11.0. The molecule has 6 heteroatoms. The van der Waals surface area contributed by atoms with Gasteiger partial charge in [0.2, 0.25) is 5.91 Å². The maximum Gasteiger partial charge on any atom is 0.252 e. The highest BCUT2D eigenvalue weighted by Crippen LogP contribution is 2.40. The lowest BCUT2D eigenvalue weighted by Gasteiger charge is -2.34. The molecule has 3 aromatic rings. The Morgan fingerprint density at radius 2 is 1.68 bits per heavy atom. The zero-order chi connectivity index (χ0) is 21.8. The number of hydrogen-bond acceptors (Lipinski definition) is 2. The maximum atomic E-state index is 13.3. The van der Waals surface area contributed by atoms with Crippen LogP contribution in [0, 0.1) is 0 Å². The summed E-state index contributed by atoms with van der Waals surface area (Å²) in [5.74, 6) is -0.958. The first-order chi connectivity index (χ1) is 15.0. The average molecular weight is 453 g/mol. The molecule has 1 aliphatic rings. The van der Waals surface area contributed by atoms with E-state index in [1.807, 2.05) is 30.3 Å². The van der Waals surface area contributed by atoms with E-state index in [-0.39, 0.29) is 11.8 Å². The third kappa shape index (κ3) is 4.76. The Labute approximate surface area is 191 Å². The second-order valence-corrected chi connectivity index (χ2v) is 8.41. The number of halogens is 2. The molecule has 4 nitrogen and oxygen atoms in total. The Morgan fingerprint density at radius 3 is 2.45 bits per heavy atom. The summed E-state index contributed by atoms with van der Waals surface area (Å²) in [5.41, 5.74) is 3.10. The van der Waals surface area contributed by atoms with Gasteiger partial charge in [0.05, 0.1) is 12.0 Å². The fourth-order valence-electron chi connectivity index (χ4n) is 4.02. The fourth-order valence-corrected chi connectivity index (χ4v) is 4.55. The van der Waals surface area contributed by atoms with Crippen molar-refractivity contribution in [2.45, 2.75) is 24.8 Å². The van der Waals surface area contributed by atoms with Gasteiger partial charge in [0.1, 0.15) is 0 Å². The van der Waals surface area contributed by atoms with Crippen molar-refractivity contribution in [2.75, 3.05) is 6.54 Å². The number of hydrogen-bond donors (Lipinski definition) is 2. The average Bonchev–Trinajstić information content (AvgIpc) is 2.77. The van der Waals surface area contributed by atoms with Crippen molar-refractivity contribution in [1.82, 2.24) is 10.6 Å². The molecule has 4 rings (SSSR count). The van der Waals surface area contributed by atoms with Crippen molar-refractivity contribution in [2.24, 2.45) is 0 Å². The van der Waals surface area contributed by atoms with Crippen molar-refractivity contribution in [3.63, 3.8) is 0 Å². The van der Waals surface area contributed by atoms with Gasteiger partial charge in [-0.05, 0) is 47.7 Å². The molecule has 0 radical (unpaired) electrons. The molecule has 158 valence electrons. The third-order valence-electron chi connectivity index (χ3n) is 5.52. The standard InChI is InChI=1S/C25H22Cl2N2O2/c26-17-12-13-20(21(27)15-17)23-22(18-10-4-5-11-19(18)24(30)29-23)25(31)28-14-6-9-16-7-2-1-3-8-16/h1-5,7-8,10-13,15,22-23H,6,9,14H2,(H,28,31)(H,29,30)/t22-,23+/m1/s1. The molecule has 0 aliphatic carbocycles. The van der Waals surface area contributed by atoms with Crippen LogP contribution in [0.3, 0.4) is 0 Å². The number of fused-ring (bicyclic) bond motifs is 1. The van der Waals surface area contributed by atoms with Crippen molar-refractivity contribution in [1.29, 1.82) is 0 Å². The largest absolute Gasteiger partial charge is 0.355 e. The highest BCUT2D eigenvalue weighted by molar-refractivity contribution is 6.35. The molecule has 3 aromatic carbocycles. The SMILES string of the molecule is O=C1N[C@@H](c2ccc(Cl)cc2Cl)[C@H](C(=O)NCCCc2ccccc2)c2ccccc21. The van der Waals surface area contributed by atoms with E-state index in [0.29, 0.717) is 33.3 Å². The number of rotatable bonds is 6. The molecule has 0 fully saturated rings. The van der Waals surface area contributed by atoms with E-state index in [2.05, 4.69) is 22.8 Å². The zero-order valence-corrected chi connectivity index (χ0v) is 18.3. The van der Waals surface area contributed by atoms with Gasteiger partial charge in [-0.25, -0.2) is 0 Å². The molecule has 0 aromatic heterocycles. The molecular weight excluding hydrogens is 431 g/mol. The molecule has 0 saturated heterocycles. The topological polar surface area (TPSA) is 58.2 Å². The van der Waals surface area contributed by atoms with E-state index in [1.54, 1.807) is 30.3 Å². The van der Waals surface area contributed by atoms with Crippen LogP contribution in [0.2, 0.25) is 10.0 Å². The first kappa shape index (κ1) is 21.4. The van der Waals surface area contributed by atoms with E-state index in [4.69, 9.17) is 23.2 Å². The van der Waals surface area contributed by atoms with Gasteiger partial charge in [0.15, 0.2) is 0 Å². The minimum absolute atomic E-state index is 0.142. The van der Waals surface area contributed by atoms with Gasteiger partial charge in [0.25, 0.3) is 5.91 Å². The second-order valence-electron chi connectivity index (χ2n) is 7.56. The lowest BCUT2D eigenvalue weighted by Crippen LogP contribution is -2.45. The lowest BCUT2D eigenvalue weighted by molar-refractivity contribution is -0.123. The number of amides is 2. The normalized spacial score (nSPS) is 17.5. The van der Waals surface area contributed by atoms with Gasteiger partial charge in [-0.2, -0.15) is 0 Å². The second kappa shape index (κ2) is 9.54. The van der Waals surface area contributed by atoms with Gasteiger partial charge in [-0.3, -0.25) is 9.59 Å². The number of carbonyl (C=O) groups is 2. The van der Waals surface area contributed by atoms with Crippen molar-refractivity contribution < 1.29 is 9.59 Å². The minimum Gasteiger partial charge on any atom is -0.355 e. The Bertz CT molecular complexity index is 1100. The fraction of sp³-hybridized carbons (Fsp3) is 0.200. The highest BCUT2D eigenvalue weighted by atomic mass is 35.5. The van der Waals surface area contributed by atoms with Crippen molar-refractivity contribution in [3.8, 4) is 0 Å². The molecule has 0 spiro atoms. The minimum atomic E-state index is -0.593. The van der Waals surface area contributed by atoms with E-state index >= 15 is 0 Å². The smallest absolute Gasteiger partial charge is 0.252 e. The van der Waals surface area contributed by atoms with Crippen LogP contribution in [0.1, 0.15) is 45.4 Å². The van der Waals surface area contributed by atoms with Crippen LogP contribution < -0.4 is 10.6 Å². The molecule has 0 saturated carbocycles. The maximum absolute atomic E-state index is 13.3. The summed E-state index contributed by atoms with van der Waals surface area (Å²) in [6.07, 6.45) is 1.70. The molecular formula is C25H22Cl2N2O2. The van der Waals surface area contributed by atoms with Crippen LogP contribution in [-0.2, 0) is 11.2 Å². The number of carbonyl (C=O) groups excluding carboxylic acids is 2. The Kier molecular flexibility index (Phi) is 6.59. The van der Waals surface area contributed by atoms with Gasteiger partial charge < -0.3 is 10.6 Å². The van der Waals surface area contributed by atoms with Gasteiger partial charge >= 0.3 is 0 Å². The lowest BCUT2D eigenvalue weighted by atomic mass is 9.80. The molecule has 2 amide bonds. The zero-order valence-electron chi connectivity index (χ0n) is 16.8. The van der Waals surface area contributed by atoms with E-state index in [9.17, 15) is 9.59 Å². The molecule has 2 N–H and O–H groups in total. The first-order valence-electron chi connectivity index (χ1n) is 10.2. The number of benzene rings is 3. The van der Waals surface area contributed by atoms with E-state index in [0.717, 1.165) is 12.8 Å². The molecule has 0 bridgehead atoms. The van der Waals surface area contributed by atoms with Crippen LogP contribution in [0.25, 0.3) is 0 Å². The van der Waals surface area contributed by atoms with Crippen LogP contribution >= 0.6 is 23.2 Å². The summed E-state index contributed by atoms with van der Waals surface area (Å²) < 4.78 is 0. The van der Waals surface area contributed by atoms with Crippen LogP contribution in [0.15, 0.2) is 72.8 Å². The van der Waals surface area contributed by atoms with Crippen molar-refractivity contribution >= 4 is 35.0 Å². The summed E-state index contributed by atoms with van der Waals surface area (Å²) in [6, 6.07) is 21.9. The van der Waals surface area contributed by atoms with Crippen molar-refractivity contribution in [3.05, 3.63) is 105 Å². The summed E-state index contributed by atoms with van der Waals surface area (Å²) >= 11 is 12.5. The van der Waals surface area contributed by atoms with E-state index < -0.39 is 12.0 Å². The summed E-state index contributed by atoms with van der Waals surface area (Å²) in [5, 5.41) is 6.93. The Morgan fingerprint density at radius 1 is 0.935 bits per heavy atom. The molecule has 2 atom stereocenters. The Balaban J connectivity index is 1.56. The molecule has 0 unspecified atom stereocenters. The number of aryl methyl sites for hydroxylation is 1. The molecule has 31 heavy (non-hydrogen) atoms. The van der Waals surface area contributed by atoms with Gasteiger partial charge in [-0.15, -0.1) is 0 Å². The predicted molar refractivity (Wildman–Crippen MR) is 124 cm³/mol. The summed E-state index contributed by atoms with van der Waals surface area (Å²) in [4.78, 5) is 26.0. The summed E-state index contributed by atoms with van der Waals surface area (Å²) in [7, 11) is 0. The quantitative estimate of drug-likeness (QED) is 0.497. The van der Waals surface area contributed by atoms with Crippen LogP contribution in [-0.4, -0.2) is 18.4 Å². The van der Waals surface area contributed by atoms with Gasteiger partial charge in [0, 0.05) is 22.2 Å². The monoisotopic (exact) mass is 452 g/mol. The highest BCUT2D eigenvalue weighted by Gasteiger charge is 2.39. The molecule has 1 heterocycles.